The van der Waals surface area contributed by atoms with Gasteiger partial charge in [0.15, 0.2) is 0 Å². The molecule has 0 amide bonds. The summed E-state index contributed by atoms with van der Waals surface area (Å²) in [6.07, 6.45) is 5.16. The number of halogens is 2. The first-order chi connectivity index (χ1) is 6.11. The Balaban J connectivity index is 2.84. The van der Waals surface area contributed by atoms with Crippen LogP contribution in [0.3, 0.4) is 0 Å². The molecule has 1 atom stereocenters. The molecule has 13 heavy (non-hydrogen) atoms. The SMILES string of the molecule is C#CC(C)Nc1cc(F)cc(Cl)c1. The van der Waals surface area contributed by atoms with Gasteiger partial charge in [-0.15, -0.1) is 6.42 Å². The van der Waals surface area contributed by atoms with E-state index in [1.54, 1.807) is 13.0 Å². The van der Waals surface area contributed by atoms with Crippen molar-refractivity contribution in [2.24, 2.45) is 0 Å². The summed E-state index contributed by atoms with van der Waals surface area (Å²) in [6, 6.07) is 4.07. The zero-order valence-corrected chi connectivity index (χ0v) is 7.90. The van der Waals surface area contributed by atoms with E-state index < -0.39 is 0 Å². The summed E-state index contributed by atoms with van der Waals surface area (Å²) in [7, 11) is 0. The van der Waals surface area contributed by atoms with E-state index in [2.05, 4.69) is 11.2 Å². The van der Waals surface area contributed by atoms with Crippen molar-refractivity contribution in [1.82, 2.24) is 0 Å². The summed E-state index contributed by atoms with van der Waals surface area (Å²) >= 11 is 5.65. The third-order valence-corrected chi connectivity index (χ3v) is 1.71. The van der Waals surface area contributed by atoms with Gasteiger partial charge in [-0.3, -0.25) is 0 Å². The number of nitrogens with one attached hydrogen (secondary N) is 1. The first kappa shape index (κ1) is 9.88. The molecular formula is C10H9ClFN. The van der Waals surface area contributed by atoms with Gasteiger partial charge in [0, 0.05) is 10.7 Å². The van der Waals surface area contributed by atoms with Crippen molar-refractivity contribution in [2.45, 2.75) is 13.0 Å². The Morgan fingerprint density at radius 1 is 1.54 bits per heavy atom. The molecule has 0 saturated carbocycles. The fraction of sp³-hybridized carbons (Fsp3) is 0.200. The highest BCUT2D eigenvalue weighted by molar-refractivity contribution is 6.30. The molecule has 0 aliphatic rings. The molecule has 3 heteroatoms. The van der Waals surface area contributed by atoms with Crippen LogP contribution in [0.4, 0.5) is 10.1 Å². The van der Waals surface area contributed by atoms with Crippen molar-refractivity contribution in [3.63, 3.8) is 0 Å². The first-order valence-electron chi connectivity index (χ1n) is 3.80. The molecule has 0 saturated heterocycles. The van der Waals surface area contributed by atoms with E-state index in [1.807, 2.05) is 0 Å². The smallest absolute Gasteiger partial charge is 0.126 e. The summed E-state index contributed by atoms with van der Waals surface area (Å²) in [4.78, 5) is 0. The number of hydrogen-bond acceptors (Lipinski definition) is 1. The predicted molar refractivity (Wildman–Crippen MR) is 53.3 cm³/mol. The molecule has 0 heterocycles. The van der Waals surface area contributed by atoms with Gasteiger partial charge in [-0.2, -0.15) is 0 Å². The van der Waals surface area contributed by atoms with Crippen LogP contribution >= 0.6 is 11.6 Å². The lowest BCUT2D eigenvalue weighted by molar-refractivity contribution is 0.628. The zero-order valence-electron chi connectivity index (χ0n) is 7.14. The molecule has 1 aromatic rings. The Hall–Kier alpha value is -1.20. The second-order valence-electron chi connectivity index (χ2n) is 2.69. The van der Waals surface area contributed by atoms with Crippen molar-refractivity contribution in [3.8, 4) is 12.3 Å². The summed E-state index contributed by atoms with van der Waals surface area (Å²) in [6.45, 7) is 1.80. The third-order valence-electron chi connectivity index (χ3n) is 1.50. The largest absolute Gasteiger partial charge is 0.372 e. The van der Waals surface area contributed by atoms with E-state index in [1.165, 1.54) is 12.1 Å². The summed E-state index contributed by atoms with van der Waals surface area (Å²) in [5.74, 6) is 2.10. The molecule has 1 aromatic carbocycles. The maximum atomic E-state index is 12.8. The fourth-order valence-electron chi connectivity index (χ4n) is 0.929. The van der Waals surface area contributed by atoms with Crippen LogP contribution in [0.2, 0.25) is 5.02 Å². The highest BCUT2D eigenvalue weighted by Crippen LogP contribution is 2.18. The lowest BCUT2D eigenvalue weighted by Crippen LogP contribution is -2.11. The van der Waals surface area contributed by atoms with Gasteiger partial charge in [-0.25, -0.2) is 4.39 Å². The molecule has 1 N–H and O–H groups in total. The van der Waals surface area contributed by atoms with Gasteiger partial charge >= 0.3 is 0 Å². The zero-order chi connectivity index (χ0) is 9.84. The molecule has 0 radical (unpaired) electrons. The van der Waals surface area contributed by atoms with E-state index in [9.17, 15) is 4.39 Å². The van der Waals surface area contributed by atoms with Crippen molar-refractivity contribution in [3.05, 3.63) is 29.0 Å². The molecule has 0 aromatic heterocycles. The number of hydrogen-bond donors (Lipinski definition) is 1. The molecule has 68 valence electrons. The van der Waals surface area contributed by atoms with Crippen LogP contribution in [-0.2, 0) is 0 Å². The maximum absolute atomic E-state index is 12.8. The van der Waals surface area contributed by atoms with Crippen LogP contribution in [0.5, 0.6) is 0 Å². The lowest BCUT2D eigenvalue weighted by Gasteiger charge is -2.09. The molecule has 1 nitrogen and oxygen atoms in total. The number of anilines is 1. The molecule has 0 spiro atoms. The van der Waals surface area contributed by atoms with Crippen LogP contribution in [0.15, 0.2) is 18.2 Å². The maximum Gasteiger partial charge on any atom is 0.126 e. The second kappa shape index (κ2) is 4.15. The Labute approximate surface area is 81.9 Å². The van der Waals surface area contributed by atoms with Crippen LogP contribution in [-0.4, -0.2) is 6.04 Å². The first-order valence-corrected chi connectivity index (χ1v) is 4.18. The minimum atomic E-state index is -0.376. The van der Waals surface area contributed by atoms with E-state index in [0.29, 0.717) is 10.7 Å². The molecule has 0 aliphatic carbocycles. The average molecular weight is 198 g/mol. The van der Waals surface area contributed by atoms with E-state index in [-0.39, 0.29) is 11.9 Å². The van der Waals surface area contributed by atoms with Gasteiger partial charge in [0.25, 0.3) is 0 Å². The molecule has 1 rings (SSSR count). The van der Waals surface area contributed by atoms with E-state index in [4.69, 9.17) is 18.0 Å². The monoisotopic (exact) mass is 197 g/mol. The Morgan fingerprint density at radius 3 is 2.77 bits per heavy atom. The van der Waals surface area contributed by atoms with Crippen LogP contribution in [0.1, 0.15) is 6.92 Å². The predicted octanol–water partition coefficient (Wildman–Crippen LogP) is 2.91. The Kier molecular flexibility index (Phi) is 3.16. The highest BCUT2D eigenvalue weighted by Gasteiger charge is 2.00. The fourth-order valence-corrected chi connectivity index (χ4v) is 1.15. The highest BCUT2D eigenvalue weighted by atomic mass is 35.5. The standard InChI is InChI=1S/C10H9ClFN/c1-3-7(2)13-10-5-8(11)4-9(12)6-10/h1,4-7,13H,2H3. The number of benzene rings is 1. The number of rotatable bonds is 2. The van der Waals surface area contributed by atoms with Gasteiger partial charge in [0.05, 0.1) is 6.04 Å². The van der Waals surface area contributed by atoms with Gasteiger partial charge in [-0.05, 0) is 25.1 Å². The van der Waals surface area contributed by atoms with Crippen molar-refractivity contribution < 1.29 is 4.39 Å². The topological polar surface area (TPSA) is 12.0 Å². The Morgan fingerprint density at radius 2 is 2.23 bits per heavy atom. The molecular weight excluding hydrogens is 189 g/mol. The minimum Gasteiger partial charge on any atom is -0.372 e. The van der Waals surface area contributed by atoms with Gasteiger partial charge < -0.3 is 5.32 Å². The van der Waals surface area contributed by atoms with E-state index >= 15 is 0 Å². The molecule has 0 aliphatic heterocycles. The van der Waals surface area contributed by atoms with Crippen molar-refractivity contribution in [1.29, 1.82) is 0 Å². The van der Waals surface area contributed by atoms with Crippen LogP contribution in [0.25, 0.3) is 0 Å². The number of terminal acetylenes is 1. The minimum absolute atomic E-state index is 0.141. The molecule has 1 unspecified atom stereocenters. The van der Waals surface area contributed by atoms with Crippen LogP contribution < -0.4 is 5.32 Å². The van der Waals surface area contributed by atoms with Crippen LogP contribution in [0, 0.1) is 18.2 Å². The average Bonchev–Trinajstić information content (AvgIpc) is 2.02. The van der Waals surface area contributed by atoms with E-state index in [0.717, 1.165) is 0 Å². The molecule has 0 bridgehead atoms. The van der Waals surface area contributed by atoms with Gasteiger partial charge in [0.2, 0.25) is 0 Å². The third kappa shape index (κ3) is 2.96. The quantitative estimate of drug-likeness (QED) is 0.719. The van der Waals surface area contributed by atoms with Gasteiger partial charge in [0.1, 0.15) is 5.82 Å². The Bertz CT molecular complexity index is 323. The summed E-state index contributed by atoms with van der Waals surface area (Å²) in [5, 5.41) is 3.27. The summed E-state index contributed by atoms with van der Waals surface area (Å²) in [5.41, 5.74) is 0.593. The normalized spacial score (nSPS) is 11.8. The van der Waals surface area contributed by atoms with Crippen molar-refractivity contribution >= 4 is 17.3 Å². The lowest BCUT2D eigenvalue weighted by atomic mass is 10.2. The summed E-state index contributed by atoms with van der Waals surface area (Å²) < 4.78 is 12.8. The second-order valence-corrected chi connectivity index (χ2v) is 3.13. The van der Waals surface area contributed by atoms with Gasteiger partial charge in [-0.1, -0.05) is 17.5 Å². The molecule has 0 fully saturated rings. The van der Waals surface area contributed by atoms with Crippen molar-refractivity contribution in [2.75, 3.05) is 5.32 Å².